The molecule has 0 unspecified atom stereocenters. The van der Waals surface area contributed by atoms with Crippen molar-refractivity contribution in [3.8, 4) is 0 Å². The van der Waals surface area contributed by atoms with Crippen molar-refractivity contribution < 1.29 is 13.2 Å². The van der Waals surface area contributed by atoms with Gasteiger partial charge in [0.1, 0.15) is 6.33 Å². The van der Waals surface area contributed by atoms with Crippen LogP contribution < -0.4 is 0 Å². The number of hydrogen-bond acceptors (Lipinski definition) is 2. The summed E-state index contributed by atoms with van der Waals surface area (Å²) >= 11 is 0. The highest BCUT2D eigenvalue weighted by atomic mass is 19.4. The van der Waals surface area contributed by atoms with E-state index in [1.807, 2.05) is 0 Å². The lowest BCUT2D eigenvalue weighted by atomic mass is 10.1. The van der Waals surface area contributed by atoms with Crippen LogP contribution in [0.4, 0.5) is 13.2 Å². The molecule has 2 nitrogen and oxygen atoms in total. The van der Waals surface area contributed by atoms with Gasteiger partial charge < -0.3 is 0 Å². The lowest BCUT2D eigenvalue weighted by molar-refractivity contribution is -0.137. The Labute approximate surface area is 83.8 Å². The molecule has 1 aromatic carbocycles. The molecule has 5 heteroatoms. The number of nitrogens with zero attached hydrogens (tertiary/aromatic N) is 2. The molecule has 1 aromatic heterocycles. The molecule has 1 heterocycles. The Hall–Kier alpha value is -1.65. The van der Waals surface area contributed by atoms with Gasteiger partial charge in [0.05, 0.1) is 16.8 Å². The second kappa shape index (κ2) is 3.18. The minimum Gasteiger partial charge on any atom is -0.240 e. The summed E-state index contributed by atoms with van der Waals surface area (Å²) in [6.45, 7) is 5.45. The maximum absolute atomic E-state index is 12.4. The van der Waals surface area contributed by atoms with E-state index in [1.165, 1.54) is 12.4 Å². The van der Waals surface area contributed by atoms with Gasteiger partial charge in [0, 0.05) is 12.3 Å². The third-order valence-electron chi connectivity index (χ3n) is 1.99. The van der Waals surface area contributed by atoms with Crippen molar-refractivity contribution in [1.29, 1.82) is 0 Å². The van der Waals surface area contributed by atoms with E-state index in [0.717, 1.165) is 12.1 Å². The van der Waals surface area contributed by atoms with Gasteiger partial charge in [-0.15, -0.1) is 0 Å². The summed E-state index contributed by atoms with van der Waals surface area (Å²) < 4.78 is 37.1. The van der Waals surface area contributed by atoms with Crippen molar-refractivity contribution in [3.63, 3.8) is 0 Å². The fourth-order valence-electron chi connectivity index (χ4n) is 1.25. The quantitative estimate of drug-likeness (QED) is 0.668. The van der Waals surface area contributed by atoms with Crippen molar-refractivity contribution in [3.05, 3.63) is 42.7 Å². The highest BCUT2D eigenvalue weighted by molar-refractivity contribution is 5.82. The van der Waals surface area contributed by atoms with Crippen molar-refractivity contribution >= 4 is 10.9 Å². The van der Waals surface area contributed by atoms with Gasteiger partial charge in [-0.25, -0.2) is 9.97 Å². The summed E-state index contributed by atoms with van der Waals surface area (Å²) in [5.74, 6) is 0. The Morgan fingerprint density at radius 1 is 1.13 bits per heavy atom. The Bertz CT molecular complexity index is 505. The predicted octanol–water partition coefficient (Wildman–Crippen LogP) is 2.71. The van der Waals surface area contributed by atoms with E-state index in [2.05, 4.69) is 9.97 Å². The fraction of sp³-hybridized carbons (Fsp3) is 0.100. The molecule has 0 saturated heterocycles. The minimum absolute atomic E-state index is 0.0473. The Morgan fingerprint density at radius 2 is 1.87 bits per heavy atom. The van der Waals surface area contributed by atoms with E-state index in [9.17, 15) is 13.2 Å². The van der Waals surface area contributed by atoms with Crippen LogP contribution in [0.25, 0.3) is 10.9 Å². The van der Waals surface area contributed by atoms with Crippen LogP contribution in [0.2, 0.25) is 0 Å². The van der Waals surface area contributed by atoms with E-state index < -0.39 is 11.7 Å². The zero-order chi connectivity index (χ0) is 11.1. The van der Waals surface area contributed by atoms with Crippen molar-refractivity contribution in [2.24, 2.45) is 0 Å². The first-order valence-electron chi connectivity index (χ1n) is 4.06. The van der Waals surface area contributed by atoms with Crippen LogP contribution in [-0.2, 0) is 6.18 Å². The number of benzene rings is 1. The standard InChI is InChI=1S/C10H5F3N2/c1-6-8-4-7(10(11,12)13)2-3-9(8)15-5-14-6/h1-5H. The average molecular weight is 210 g/mol. The molecule has 0 spiro atoms. The molecule has 2 radical (unpaired) electrons. The summed E-state index contributed by atoms with van der Waals surface area (Å²) in [6, 6.07) is 3.19. The Morgan fingerprint density at radius 3 is 2.53 bits per heavy atom. The highest BCUT2D eigenvalue weighted by Gasteiger charge is 2.30. The highest BCUT2D eigenvalue weighted by Crippen LogP contribution is 2.31. The first kappa shape index (κ1) is 9.89. The van der Waals surface area contributed by atoms with Crippen LogP contribution in [0, 0.1) is 6.92 Å². The molecule has 0 fully saturated rings. The molecule has 15 heavy (non-hydrogen) atoms. The first-order valence-corrected chi connectivity index (χ1v) is 4.06. The number of aromatic nitrogens is 2. The van der Waals surface area contributed by atoms with Crippen LogP contribution in [0.5, 0.6) is 0 Å². The maximum atomic E-state index is 12.4. The first-order chi connectivity index (χ1) is 6.98. The summed E-state index contributed by atoms with van der Waals surface area (Å²) in [4.78, 5) is 7.44. The van der Waals surface area contributed by atoms with Gasteiger partial charge in [0.15, 0.2) is 0 Å². The van der Waals surface area contributed by atoms with Crippen LogP contribution in [0.15, 0.2) is 24.5 Å². The maximum Gasteiger partial charge on any atom is 0.416 e. The van der Waals surface area contributed by atoms with Gasteiger partial charge >= 0.3 is 6.18 Å². The number of fused-ring (bicyclic) bond motifs is 1. The molecular formula is C10H5F3N2. The minimum atomic E-state index is -4.38. The number of alkyl halides is 3. The number of rotatable bonds is 0. The van der Waals surface area contributed by atoms with Crippen molar-refractivity contribution in [2.75, 3.05) is 0 Å². The van der Waals surface area contributed by atoms with Gasteiger partial charge in [-0.3, -0.25) is 0 Å². The molecule has 0 N–H and O–H groups in total. The topological polar surface area (TPSA) is 25.8 Å². The van der Waals surface area contributed by atoms with Gasteiger partial charge in [0.2, 0.25) is 0 Å². The van der Waals surface area contributed by atoms with Crippen LogP contribution >= 0.6 is 0 Å². The zero-order valence-corrected chi connectivity index (χ0v) is 7.42. The second-order valence-corrected chi connectivity index (χ2v) is 2.99. The summed E-state index contributed by atoms with van der Waals surface area (Å²) in [6.07, 6.45) is -3.17. The smallest absolute Gasteiger partial charge is 0.240 e. The predicted molar refractivity (Wildman–Crippen MR) is 47.9 cm³/mol. The fourth-order valence-corrected chi connectivity index (χ4v) is 1.25. The van der Waals surface area contributed by atoms with Gasteiger partial charge in [-0.2, -0.15) is 13.2 Å². The second-order valence-electron chi connectivity index (χ2n) is 2.99. The van der Waals surface area contributed by atoms with Crippen LogP contribution in [0.1, 0.15) is 11.3 Å². The Balaban J connectivity index is 2.70. The van der Waals surface area contributed by atoms with E-state index in [-0.39, 0.29) is 11.1 Å². The number of hydrogen-bond donors (Lipinski definition) is 0. The van der Waals surface area contributed by atoms with Crippen LogP contribution in [0.3, 0.4) is 0 Å². The van der Waals surface area contributed by atoms with Gasteiger partial charge in [-0.1, -0.05) is 0 Å². The van der Waals surface area contributed by atoms with Gasteiger partial charge in [-0.05, 0) is 18.2 Å². The summed E-state index contributed by atoms with van der Waals surface area (Å²) in [5.41, 5.74) is -0.307. The SMILES string of the molecule is [CH]c1ncnc2ccc(C(F)(F)F)cc12. The lowest BCUT2D eigenvalue weighted by Gasteiger charge is -2.07. The lowest BCUT2D eigenvalue weighted by Crippen LogP contribution is -2.04. The molecule has 0 amide bonds. The largest absolute Gasteiger partial charge is 0.416 e. The van der Waals surface area contributed by atoms with E-state index in [4.69, 9.17) is 6.92 Å². The average Bonchev–Trinajstić information content (AvgIpc) is 2.16. The molecule has 0 atom stereocenters. The molecule has 0 saturated carbocycles. The normalized spacial score (nSPS) is 12.0. The van der Waals surface area contributed by atoms with E-state index in [1.54, 1.807) is 0 Å². The molecule has 2 aromatic rings. The number of halogens is 3. The van der Waals surface area contributed by atoms with E-state index in [0.29, 0.717) is 5.52 Å². The Kier molecular flexibility index (Phi) is 2.10. The van der Waals surface area contributed by atoms with Gasteiger partial charge in [0.25, 0.3) is 0 Å². The molecule has 2 rings (SSSR count). The van der Waals surface area contributed by atoms with E-state index >= 15 is 0 Å². The molecule has 0 aliphatic heterocycles. The van der Waals surface area contributed by atoms with Crippen molar-refractivity contribution in [1.82, 2.24) is 9.97 Å². The summed E-state index contributed by atoms with van der Waals surface area (Å²) in [5, 5.41) is 0.215. The molecular weight excluding hydrogens is 205 g/mol. The third kappa shape index (κ3) is 1.77. The molecule has 0 aliphatic carbocycles. The molecule has 0 bridgehead atoms. The monoisotopic (exact) mass is 210 g/mol. The molecule has 0 aliphatic rings. The zero-order valence-electron chi connectivity index (χ0n) is 7.42. The molecule has 76 valence electrons. The summed E-state index contributed by atoms with van der Waals surface area (Å²) in [7, 11) is 0. The third-order valence-corrected chi connectivity index (χ3v) is 1.99. The van der Waals surface area contributed by atoms with Crippen molar-refractivity contribution in [2.45, 2.75) is 6.18 Å². The van der Waals surface area contributed by atoms with Crippen LogP contribution in [-0.4, -0.2) is 9.97 Å².